The molecule has 0 fully saturated rings. The average molecular weight is 400 g/mol. The van der Waals surface area contributed by atoms with Crippen molar-refractivity contribution in [3.63, 3.8) is 0 Å². The van der Waals surface area contributed by atoms with Gasteiger partial charge in [-0.2, -0.15) is 0 Å². The lowest BCUT2D eigenvalue weighted by Crippen LogP contribution is -2.28. The number of carbonyl (C=O) groups excluding carboxylic acids is 1. The summed E-state index contributed by atoms with van der Waals surface area (Å²) in [6, 6.07) is 10.5. The molecule has 28 heavy (non-hydrogen) atoms. The van der Waals surface area contributed by atoms with Crippen molar-refractivity contribution in [3.05, 3.63) is 63.7 Å². The maximum absolute atomic E-state index is 12.6. The molecule has 146 valence electrons. The van der Waals surface area contributed by atoms with Crippen LogP contribution in [0, 0.1) is 0 Å². The normalized spacial score (nSPS) is 11.5. The van der Waals surface area contributed by atoms with E-state index in [1.807, 2.05) is 18.2 Å². The van der Waals surface area contributed by atoms with Gasteiger partial charge in [-0.3, -0.25) is 14.2 Å². The van der Waals surface area contributed by atoms with E-state index >= 15 is 0 Å². The number of aromatic nitrogens is 2. The third-order valence-corrected chi connectivity index (χ3v) is 4.68. The molecule has 0 atom stereocenters. The number of hydrogen-bond donors (Lipinski definition) is 1. The van der Waals surface area contributed by atoms with Gasteiger partial charge in [-0.25, -0.2) is 4.98 Å². The minimum Gasteiger partial charge on any atom is -0.495 e. The maximum Gasteiger partial charge on any atom is 0.261 e. The van der Waals surface area contributed by atoms with E-state index in [0.29, 0.717) is 27.4 Å². The largest absolute Gasteiger partial charge is 0.495 e. The van der Waals surface area contributed by atoms with Crippen LogP contribution in [0.5, 0.6) is 5.75 Å². The lowest BCUT2D eigenvalue weighted by Gasteiger charge is -2.21. The molecule has 1 heterocycles. The minimum atomic E-state index is -0.346. The van der Waals surface area contributed by atoms with Crippen LogP contribution in [0.25, 0.3) is 10.9 Å². The number of nitrogens with zero attached hydrogens (tertiary/aromatic N) is 2. The Hall–Kier alpha value is -2.86. The first-order valence-corrected chi connectivity index (χ1v) is 9.20. The van der Waals surface area contributed by atoms with Crippen LogP contribution in [0.1, 0.15) is 26.3 Å². The number of carbonyl (C=O) groups is 1. The van der Waals surface area contributed by atoms with Gasteiger partial charge in [0.15, 0.2) is 0 Å². The van der Waals surface area contributed by atoms with Crippen LogP contribution in [0.4, 0.5) is 5.69 Å². The van der Waals surface area contributed by atoms with Crippen molar-refractivity contribution < 1.29 is 9.53 Å². The first-order chi connectivity index (χ1) is 13.2. The van der Waals surface area contributed by atoms with Gasteiger partial charge in [0, 0.05) is 5.02 Å². The number of hydrogen-bond acceptors (Lipinski definition) is 4. The van der Waals surface area contributed by atoms with E-state index in [0.717, 1.165) is 5.56 Å². The van der Waals surface area contributed by atoms with Crippen molar-refractivity contribution >= 4 is 34.1 Å². The summed E-state index contributed by atoms with van der Waals surface area (Å²) >= 11 is 5.93. The van der Waals surface area contributed by atoms with Crippen LogP contribution >= 0.6 is 11.6 Å². The van der Waals surface area contributed by atoms with Gasteiger partial charge in [-0.05, 0) is 41.3 Å². The van der Waals surface area contributed by atoms with Gasteiger partial charge in [0.2, 0.25) is 5.91 Å². The predicted octanol–water partition coefficient (Wildman–Crippen LogP) is 3.99. The Kier molecular flexibility index (Phi) is 5.42. The lowest BCUT2D eigenvalue weighted by molar-refractivity contribution is -0.116. The zero-order valence-electron chi connectivity index (χ0n) is 16.2. The van der Waals surface area contributed by atoms with Gasteiger partial charge in [-0.1, -0.05) is 38.4 Å². The topological polar surface area (TPSA) is 73.2 Å². The summed E-state index contributed by atoms with van der Waals surface area (Å²) < 4.78 is 6.62. The fourth-order valence-corrected chi connectivity index (χ4v) is 3.03. The first-order valence-electron chi connectivity index (χ1n) is 8.82. The molecule has 0 spiro atoms. The fourth-order valence-electron chi connectivity index (χ4n) is 2.86. The van der Waals surface area contributed by atoms with Gasteiger partial charge in [0.05, 0.1) is 30.0 Å². The number of amides is 1. The van der Waals surface area contributed by atoms with E-state index in [9.17, 15) is 9.59 Å². The molecule has 0 saturated heterocycles. The zero-order valence-corrected chi connectivity index (χ0v) is 17.0. The Labute approximate surface area is 168 Å². The van der Waals surface area contributed by atoms with Gasteiger partial charge in [-0.15, -0.1) is 0 Å². The van der Waals surface area contributed by atoms with Crippen LogP contribution in [0.15, 0.2) is 47.5 Å². The second kappa shape index (κ2) is 7.64. The van der Waals surface area contributed by atoms with Crippen LogP contribution in [-0.2, 0) is 16.8 Å². The van der Waals surface area contributed by atoms with Crippen LogP contribution in [0.2, 0.25) is 5.02 Å². The van der Waals surface area contributed by atoms with Gasteiger partial charge in [0.1, 0.15) is 12.3 Å². The highest BCUT2D eigenvalue weighted by Crippen LogP contribution is 2.31. The molecule has 7 heteroatoms. The molecule has 0 aliphatic rings. The highest BCUT2D eigenvalue weighted by molar-refractivity contribution is 6.31. The number of fused-ring (bicyclic) bond motifs is 1. The molecule has 1 N–H and O–H groups in total. The molecule has 1 aromatic heterocycles. The maximum atomic E-state index is 12.6. The molecule has 0 aliphatic carbocycles. The zero-order chi connectivity index (χ0) is 20.5. The van der Waals surface area contributed by atoms with E-state index in [2.05, 4.69) is 31.1 Å². The number of halogens is 1. The number of rotatable bonds is 4. The summed E-state index contributed by atoms with van der Waals surface area (Å²) in [7, 11) is 1.55. The van der Waals surface area contributed by atoms with Crippen molar-refractivity contribution in [1.82, 2.24) is 9.55 Å². The molecule has 0 radical (unpaired) electrons. The summed E-state index contributed by atoms with van der Waals surface area (Å²) in [6.07, 6.45) is 1.35. The van der Waals surface area contributed by atoms with Crippen molar-refractivity contribution in [2.75, 3.05) is 12.4 Å². The molecule has 3 rings (SSSR count). The first kappa shape index (κ1) is 19.9. The van der Waals surface area contributed by atoms with Crippen molar-refractivity contribution in [1.29, 1.82) is 0 Å². The van der Waals surface area contributed by atoms with E-state index in [1.165, 1.54) is 10.9 Å². The summed E-state index contributed by atoms with van der Waals surface area (Å²) in [5, 5.41) is 3.74. The summed E-state index contributed by atoms with van der Waals surface area (Å²) in [5.74, 6) is 0.210. The molecular weight excluding hydrogens is 378 g/mol. The molecular formula is C21H22ClN3O3. The number of methoxy groups -OCH3 is 1. The molecule has 1 amide bonds. The highest BCUT2D eigenvalue weighted by Gasteiger charge is 2.17. The predicted molar refractivity (Wildman–Crippen MR) is 111 cm³/mol. The Morgan fingerprint density at radius 3 is 2.64 bits per heavy atom. The van der Waals surface area contributed by atoms with Crippen LogP contribution < -0.4 is 15.6 Å². The second-order valence-electron chi connectivity index (χ2n) is 7.55. The van der Waals surface area contributed by atoms with E-state index in [-0.39, 0.29) is 23.4 Å². The molecule has 0 saturated carbocycles. The number of nitrogens with one attached hydrogen (secondary N) is 1. The smallest absolute Gasteiger partial charge is 0.261 e. The molecule has 0 aliphatic heterocycles. The Bertz CT molecular complexity index is 1100. The van der Waals surface area contributed by atoms with E-state index in [4.69, 9.17) is 16.3 Å². The van der Waals surface area contributed by atoms with Gasteiger partial charge < -0.3 is 10.1 Å². The Morgan fingerprint density at radius 1 is 1.21 bits per heavy atom. The summed E-state index contributed by atoms with van der Waals surface area (Å²) in [6.45, 7) is 6.11. The number of ether oxygens (including phenoxy) is 1. The monoisotopic (exact) mass is 399 g/mol. The van der Waals surface area contributed by atoms with Crippen LogP contribution in [-0.4, -0.2) is 22.6 Å². The highest BCUT2D eigenvalue weighted by atomic mass is 35.5. The average Bonchev–Trinajstić information content (AvgIpc) is 2.63. The molecule has 2 aromatic carbocycles. The van der Waals surface area contributed by atoms with Gasteiger partial charge in [0.25, 0.3) is 5.56 Å². The number of anilines is 1. The number of benzene rings is 2. The van der Waals surface area contributed by atoms with Crippen molar-refractivity contribution in [2.45, 2.75) is 32.7 Å². The van der Waals surface area contributed by atoms with Crippen LogP contribution in [0.3, 0.4) is 0 Å². The summed E-state index contributed by atoms with van der Waals surface area (Å²) in [4.78, 5) is 29.4. The lowest BCUT2D eigenvalue weighted by atomic mass is 9.87. The van der Waals surface area contributed by atoms with E-state index in [1.54, 1.807) is 25.3 Å². The standard InChI is InChI=1S/C21H22ClN3O3/c1-21(2,3)13-5-8-18(28-4)17(9-13)24-19(26)11-25-12-23-16-10-14(22)6-7-15(16)20(25)27/h5-10,12H,11H2,1-4H3,(H,24,26). The molecule has 0 unspecified atom stereocenters. The molecule has 6 nitrogen and oxygen atoms in total. The molecule has 3 aromatic rings. The van der Waals surface area contributed by atoms with Crippen molar-refractivity contribution in [2.24, 2.45) is 0 Å². The SMILES string of the molecule is COc1ccc(C(C)(C)C)cc1NC(=O)Cn1cnc2cc(Cl)ccc2c1=O. The quantitative estimate of drug-likeness (QED) is 0.719. The fraction of sp³-hybridized carbons (Fsp3) is 0.286. The molecule has 0 bridgehead atoms. The van der Waals surface area contributed by atoms with E-state index < -0.39 is 0 Å². The summed E-state index contributed by atoms with van der Waals surface area (Å²) in [5.41, 5.74) is 1.74. The van der Waals surface area contributed by atoms with Crippen molar-refractivity contribution in [3.8, 4) is 5.75 Å². The minimum absolute atomic E-state index is 0.0772. The second-order valence-corrected chi connectivity index (χ2v) is 7.99. The van der Waals surface area contributed by atoms with Gasteiger partial charge >= 0.3 is 0 Å². The third-order valence-electron chi connectivity index (χ3n) is 4.44. The Morgan fingerprint density at radius 2 is 1.96 bits per heavy atom. The Balaban J connectivity index is 1.87. The third kappa shape index (κ3) is 4.17.